The number of hydrogen-bond donors (Lipinski definition) is 0. The van der Waals surface area contributed by atoms with E-state index < -0.39 is 0 Å². The Labute approximate surface area is 167 Å². The van der Waals surface area contributed by atoms with Gasteiger partial charge in [0.25, 0.3) is 0 Å². The number of pyridine rings is 1. The summed E-state index contributed by atoms with van der Waals surface area (Å²) in [5, 5.41) is 8.64. The molecule has 0 spiro atoms. The second kappa shape index (κ2) is 7.70. The fourth-order valence-corrected chi connectivity index (χ4v) is 3.97. The van der Waals surface area contributed by atoms with E-state index >= 15 is 0 Å². The van der Waals surface area contributed by atoms with Gasteiger partial charge in [-0.3, -0.25) is 0 Å². The van der Waals surface area contributed by atoms with Gasteiger partial charge in [0.2, 0.25) is 0 Å². The Morgan fingerprint density at radius 3 is 2.79 bits per heavy atom. The predicted octanol–water partition coefficient (Wildman–Crippen LogP) is 3.54. The van der Waals surface area contributed by atoms with Gasteiger partial charge in [0.15, 0.2) is 0 Å². The molecule has 2 aromatic heterocycles. The Balaban J connectivity index is 1.54. The van der Waals surface area contributed by atoms with Gasteiger partial charge in [-0.2, -0.15) is 0 Å². The molecular formula is C21H31N5O2. The van der Waals surface area contributed by atoms with E-state index in [4.69, 9.17) is 14.5 Å². The zero-order valence-electron chi connectivity index (χ0n) is 17.4. The third-order valence-electron chi connectivity index (χ3n) is 5.25. The van der Waals surface area contributed by atoms with Crippen LogP contribution in [-0.2, 0) is 11.3 Å². The molecule has 2 saturated heterocycles. The van der Waals surface area contributed by atoms with Crippen molar-refractivity contribution in [3.63, 3.8) is 0 Å². The van der Waals surface area contributed by atoms with Crippen molar-refractivity contribution >= 4 is 5.69 Å². The lowest BCUT2D eigenvalue weighted by atomic mass is 9.84. The highest BCUT2D eigenvalue weighted by Crippen LogP contribution is 2.37. The molecule has 2 aliphatic heterocycles. The number of nitrogens with zero attached hydrogens (tertiary/aromatic N) is 5. The Kier molecular flexibility index (Phi) is 5.27. The molecule has 152 valence electrons. The largest absolute Gasteiger partial charge is 0.489 e. The molecule has 0 aliphatic carbocycles. The van der Waals surface area contributed by atoms with Crippen LogP contribution in [0, 0.1) is 5.41 Å². The van der Waals surface area contributed by atoms with Gasteiger partial charge in [0.1, 0.15) is 17.1 Å². The summed E-state index contributed by atoms with van der Waals surface area (Å²) in [5.41, 5.74) is 2.94. The summed E-state index contributed by atoms with van der Waals surface area (Å²) >= 11 is 0. The molecule has 28 heavy (non-hydrogen) atoms. The first-order valence-corrected chi connectivity index (χ1v) is 10.3. The first-order valence-electron chi connectivity index (χ1n) is 10.3. The first kappa shape index (κ1) is 19.2. The van der Waals surface area contributed by atoms with E-state index in [-0.39, 0.29) is 12.2 Å². The van der Waals surface area contributed by atoms with E-state index in [1.165, 1.54) is 6.42 Å². The molecule has 2 aliphatic rings. The van der Waals surface area contributed by atoms with Crippen molar-refractivity contribution in [1.29, 1.82) is 0 Å². The minimum Gasteiger partial charge on any atom is -0.489 e. The molecular weight excluding hydrogens is 354 g/mol. The second-order valence-corrected chi connectivity index (χ2v) is 9.04. The van der Waals surface area contributed by atoms with Crippen molar-refractivity contribution < 1.29 is 9.47 Å². The maximum Gasteiger partial charge on any atom is 0.149 e. The minimum absolute atomic E-state index is 0.0642. The van der Waals surface area contributed by atoms with Crippen LogP contribution in [0.5, 0.6) is 5.75 Å². The van der Waals surface area contributed by atoms with Crippen molar-refractivity contribution in [3.05, 3.63) is 18.5 Å². The van der Waals surface area contributed by atoms with Gasteiger partial charge < -0.3 is 14.4 Å². The summed E-state index contributed by atoms with van der Waals surface area (Å²) in [5.74, 6) is 0.762. The molecule has 0 N–H and O–H groups in total. The average molecular weight is 386 g/mol. The molecule has 2 aromatic rings. The quantitative estimate of drug-likeness (QED) is 0.758. The molecule has 1 unspecified atom stereocenters. The number of rotatable bonds is 6. The Hall–Kier alpha value is -2.15. The summed E-state index contributed by atoms with van der Waals surface area (Å²) in [6, 6.07) is 2.08. The van der Waals surface area contributed by atoms with E-state index in [9.17, 15) is 0 Å². The van der Waals surface area contributed by atoms with Gasteiger partial charge >= 0.3 is 0 Å². The van der Waals surface area contributed by atoms with Crippen LogP contribution >= 0.6 is 0 Å². The van der Waals surface area contributed by atoms with Crippen molar-refractivity contribution in [1.82, 2.24) is 20.0 Å². The van der Waals surface area contributed by atoms with E-state index in [0.717, 1.165) is 61.9 Å². The second-order valence-electron chi connectivity index (χ2n) is 9.04. The van der Waals surface area contributed by atoms with Crippen molar-refractivity contribution in [3.8, 4) is 17.1 Å². The van der Waals surface area contributed by atoms with Crippen LogP contribution in [0.15, 0.2) is 18.5 Å². The molecule has 0 bridgehead atoms. The van der Waals surface area contributed by atoms with Crippen LogP contribution in [0.4, 0.5) is 5.69 Å². The lowest BCUT2D eigenvalue weighted by Gasteiger charge is -2.47. The van der Waals surface area contributed by atoms with Crippen molar-refractivity contribution in [2.45, 2.75) is 65.7 Å². The third-order valence-corrected chi connectivity index (χ3v) is 5.25. The maximum atomic E-state index is 6.08. The minimum atomic E-state index is 0.0642. The van der Waals surface area contributed by atoms with Crippen LogP contribution in [0.25, 0.3) is 11.4 Å². The summed E-state index contributed by atoms with van der Waals surface area (Å²) in [6.45, 7) is 12.3. The van der Waals surface area contributed by atoms with Crippen LogP contribution < -0.4 is 9.64 Å². The smallest absolute Gasteiger partial charge is 0.149 e. The van der Waals surface area contributed by atoms with Crippen LogP contribution in [0.3, 0.4) is 0 Å². The summed E-state index contributed by atoms with van der Waals surface area (Å²) in [4.78, 5) is 7.03. The van der Waals surface area contributed by atoms with Crippen molar-refractivity contribution in [2.75, 3.05) is 24.6 Å². The van der Waals surface area contributed by atoms with E-state index in [2.05, 4.69) is 35.1 Å². The Morgan fingerprint density at radius 1 is 1.29 bits per heavy atom. The normalized spacial score (nSPS) is 21.6. The maximum absolute atomic E-state index is 6.08. The van der Waals surface area contributed by atoms with Crippen LogP contribution in [-0.4, -0.2) is 51.9 Å². The molecule has 0 saturated carbocycles. The fourth-order valence-electron chi connectivity index (χ4n) is 3.97. The number of hydrogen-bond acceptors (Lipinski definition) is 6. The zero-order valence-corrected chi connectivity index (χ0v) is 17.4. The summed E-state index contributed by atoms with van der Waals surface area (Å²) < 4.78 is 13.8. The standard InChI is InChI=1S/C21H31N5O2/c1-15(2)28-19-9-16(25-13-21(3,4)14-25)10-22-20(19)18-12-26(24-23-18)11-17-7-5-6-8-27-17/h9-10,12,15,17H,5-8,11,13-14H2,1-4H3. The van der Waals surface area contributed by atoms with Gasteiger partial charge in [-0.15, -0.1) is 5.10 Å². The van der Waals surface area contributed by atoms with Crippen LogP contribution in [0.2, 0.25) is 0 Å². The first-order chi connectivity index (χ1) is 13.4. The third kappa shape index (κ3) is 4.29. The molecule has 7 heteroatoms. The van der Waals surface area contributed by atoms with Gasteiger partial charge in [0.05, 0.1) is 36.8 Å². The Bertz CT molecular complexity index is 803. The fraction of sp³-hybridized carbons (Fsp3) is 0.667. The SMILES string of the molecule is CC(C)Oc1cc(N2CC(C)(C)C2)cnc1-c1cn(CC2CCCCO2)nn1. The van der Waals surface area contributed by atoms with E-state index in [0.29, 0.717) is 5.41 Å². The van der Waals surface area contributed by atoms with Crippen molar-refractivity contribution in [2.24, 2.45) is 5.41 Å². The molecule has 7 nitrogen and oxygen atoms in total. The van der Waals surface area contributed by atoms with Gasteiger partial charge in [0, 0.05) is 25.8 Å². The average Bonchev–Trinajstić information content (AvgIpc) is 3.08. The summed E-state index contributed by atoms with van der Waals surface area (Å²) in [6.07, 6.45) is 7.60. The Morgan fingerprint density at radius 2 is 2.11 bits per heavy atom. The predicted molar refractivity (Wildman–Crippen MR) is 109 cm³/mol. The number of ether oxygens (including phenoxy) is 2. The zero-order chi connectivity index (χ0) is 19.7. The highest BCUT2D eigenvalue weighted by molar-refractivity contribution is 5.66. The number of anilines is 1. The molecule has 0 aromatic carbocycles. The molecule has 0 amide bonds. The van der Waals surface area contributed by atoms with E-state index in [1.807, 2.05) is 30.9 Å². The summed E-state index contributed by atoms with van der Waals surface area (Å²) in [7, 11) is 0. The topological polar surface area (TPSA) is 65.3 Å². The van der Waals surface area contributed by atoms with Crippen LogP contribution in [0.1, 0.15) is 47.0 Å². The molecule has 1 atom stereocenters. The lowest BCUT2D eigenvalue weighted by Crippen LogP contribution is -2.53. The monoisotopic (exact) mass is 385 g/mol. The molecule has 2 fully saturated rings. The lowest BCUT2D eigenvalue weighted by molar-refractivity contribution is 0.00370. The van der Waals surface area contributed by atoms with Gasteiger partial charge in [-0.1, -0.05) is 19.1 Å². The highest BCUT2D eigenvalue weighted by Gasteiger charge is 2.34. The highest BCUT2D eigenvalue weighted by atomic mass is 16.5. The molecule has 4 heterocycles. The van der Waals surface area contributed by atoms with E-state index in [1.54, 1.807) is 0 Å². The molecule has 4 rings (SSSR count). The number of aromatic nitrogens is 4. The van der Waals surface area contributed by atoms with Gasteiger partial charge in [-0.25, -0.2) is 9.67 Å². The van der Waals surface area contributed by atoms with Gasteiger partial charge in [-0.05, 0) is 38.5 Å². The molecule has 0 radical (unpaired) electrons.